The Labute approximate surface area is 158 Å². The summed E-state index contributed by atoms with van der Waals surface area (Å²) >= 11 is 0. The van der Waals surface area contributed by atoms with E-state index >= 15 is 0 Å². The van der Waals surface area contributed by atoms with Crippen LogP contribution >= 0.6 is 0 Å². The third-order valence-electron chi connectivity index (χ3n) is 3.50. The molecule has 1 N–H and O–H groups in total. The summed E-state index contributed by atoms with van der Waals surface area (Å²) in [5, 5.41) is 9.72. The minimum absolute atomic E-state index is 0.0946. The highest BCUT2D eigenvalue weighted by atomic mass is 28.4. The van der Waals surface area contributed by atoms with E-state index in [1.807, 2.05) is 12.1 Å². The Balaban J connectivity index is 2.58. The lowest BCUT2D eigenvalue weighted by molar-refractivity contribution is -0.150. The molecule has 146 valence electrons. The standard InChI is InChI=1S/C18H30O6Si2/c1-14(2)18(20)23-12-22-13-26(6,7)24-25(4,5)11-15-8-9-16(19)17(10-15)21-3/h8-10,19H,1,11-13H2,2-7H3. The molecule has 0 bridgehead atoms. The van der Waals surface area contributed by atoms with Crippen molar-refractivity contribution in [1.82, 2.24) is 0 Å². The number of ether oxygens (including phenoxy) is 3. The largest absolute Gasteiger partial charge is 0.504 e. The van der Waals surface area contributed by atoms with E-state index in [9.17, 15) is 9.90 Å². The van der Waals surface area contributed by atoms with Gasteiger partial charge in [-0.05, 0) is 56.9 Å². The average molecular weight is 399 g/mol. The summed E-state index contributed by atoms with van der Waals surface area (Å²) < 4.78 is 22.1. The monoisotopic (exact) mass is 398 g/mol. The molecule has 1 aromatic rings. The first-order chi connectivity index (χ1) is 12.0. The maximum atomic E-state index is 11.3. The van der Waals surface area contributed by atoms with Crippen molar-refractivity contribution in [3.63, 3.8) is 0 Å². The second-order valence-corrected chi connectivity index (χ2v) is 16.0. The summed E-state index contributed by atoms with van der Waals surface area (Å²) in [7, 11) is -2.56. The summed E-state index contributed by atoms with van der Waals surface area (Å²) in [4.78, 5) is 11.3. The lowest BCUT2D eigenvalue weighted by atomic mass is 10.2. The molecule has 0 atom stereocenters. The molecule has 0 spiro atoms. The van der Waals surface area contributed by atoms with Crippen LogP contribution in [0.4, 0.5) is 0 Å². The van der Waals surface area contributed by atoms with Gasteiger partial charge in [0.05, 0.1) is 13.3 Å². The van der Waals surface area contributed by atoms with Gasteiger partial charge in [0.1, 0.15) is 0 Å². The number of methoxy groups -OCH3 is 1. The Morgan fingerprint density at radius 3 is 2.42 bits per heavy atom. The minimum Gasteiger partial charge on any atom is -0.504 e. The van der Waals surface area contributed by atoms with Gasteiger partial charge in [-0.1, -0.05) is 12.6 Å². The molecule has 0 aliphatic carbocycles. The molecule has 0 fully saturated rings. The van der Waals surface area contributed by atoms with Crippen molar-refractivity contribution < 1.29 is 28.2 Å². The number of benzene rings is 1. The first-order valence-corrected chi connectivity index (χ1v) is 14.7. The number of carbonyl (C=O) groups excluding carboxylic acids is 1. The smallest absolute Gasteiger partial charge is 0.335 e. The van der Waals surface area contributed by atoms with Gasteiger partial charge in [0.15, 0.2) is 34.9 Å². The number of rotatable bonds is 10. The maximum Gasteiger partial charge on any atom is 0.335 e. The Hall–Kier alpha value is -1.62. The van der Waals surface area contributed by atoms with Crippen molar-refractivity contribution in [1.29, 1.82) is 0 Å². The zero-order chi connectivity index (χ0) is 20.0. The summed E-state index contributed by atoms with van der Waals surface area (Å²) in [6, 6.07) is 6.17. The fourth-order valence-electron chi connectivity index (χ4n) is 2.64. The van der Waals surface area contributed by atoms with Crippen LogP contribution in [0.3, 0.4) is 0 Å². The zero-order valence-corrected chi connectivity index (χ0v) is 18.5. The Bertz CT molecular complexity index is 643. The van der Waals surface area contributed by atoms with Crippen molar-refractivity contribution in [3.05, 3.63) is 35.9 Å². The normalized spacial score (nSPS) is 11.9. The van der Waals surface area contributed by atoms with Crippen molar-refractivity contribution in [2.45, 2.75) is 39.2 Å². The summed E-state index contributed by atoms with van der Waals surface area (Å²) in [5.41, 5.74) is 1.41. The fourth-order valence-corrected chi connectivity index (χ4v) is 10.9. The summed E-state index contributed by atoms with van der Waals surface area (Å²) in [6.45, 7) is 13.5. The molecule has 0 amide bonds. The molecule has 0 saturated heterocycles. The van der Waals surface area contributed by atoms with Crippen LogP contribution in [0.15, 0.2) is 30.4 Å². The Morgan fingerprint density at radius 1 is 1.19 bits per heavy atom. The van der Waals surface area contributed by atoms with Crippen LogP contribution < -0.4 is 4.74 Å². The summed E-state index contributed by atoms with van der Waals surface area (Å²) in [5.74, 6) is 0.136. The first kappa shape index (κ1) is 22.4. The van der Waals surface area contributed by atoms with Gasteiger partial charge < -0.3 is 23.4 Å². The van der Waals surface area contributed by atoms with Crippen molar-refractivity contribution >= 4 is 22.6 Å². The van der Waals surface area contributed by atoms with Crippen LogP contribution in [0.1, 0.15) is 12.5 Å². The van der Waals surface area contributed by atoms with Gasteiger partial charge in [-0.15, -0.1) is 0 Å². The molecule has 0 unspecified atom stereocenters. The molecule has 0 radical (unpaired) electrons. The van der Waals surface area contributed by atoms with Crippen molar-refractivity contribution in [2.24, 2.45) is 0 Å². The highest BCUT2D eigenvalue weighted by Gasteiger charge is 2.33. The lowest BCUT2D eigenvalue weighted by Gasteiger charge is -2.34. The van der Waals surface area contributed by atoms with Gasteiger partial charge in [-0.3, -0.25) is 0 Å². The van der Waals surface area contributed by atoms with E-state index in [1.165, 1.54) is 7.11 Å². The molecule has 26 heavy (non-hydrogen) atoms. The van der Waals surface area contributed by atoms with Gasteiger partial charge in [0.25, 0.3) is 0 Å². The number of aromatic hydroxyl groups is 1. The van der Waals surface area contributed by atoms with E-state index in [0.717, 1.165) is 11.6 Å². The number of phenolic OH excluding ortho intramolecular Hbond substituents is 1. The number of phenols is 1. The van der Waals surface area contributed by atoms with Gasteiger partial charge in [-0.2, -0.15) is 0 Å². The highest BCUT2D eigenvalue weighted by Crippen LogP contribution is 2.28. The van der Waals surface area contributed by atoms with E-state index in [1.54, 1.807) is 13.0 Å². The summed E-state index contributed by atoms with van der Waals surface area (Å²) in [6.07, 6.45) is 0.436. The second kappa shape index (κ2) is 9.36. The maximum absolute atomic E-state index is 11.3. The second-order valence-electron chi connectivity index (χ2n) is 7.48. The van der Waals surface area contributed by atoms with E-state index in [0.29, 0.717) is 17.6 Å². The third kappa shape index (κ3) is 7.73. The van der Waals surface area contributed by atoms with Crippen LogP contribution in [-0.2, 0) is 24.4 Å². The molecule has 0 heterocycles. The Kier molecular flexibility index (Phi) is 8.07. The molecule has 0 aliphatic heterocycles. The third-order valence-corrected chi connectivity index (χ3v) is 10.1. The predicted octanol–water partition coefficient (Wildman–Crippen LogP) is 3.54. The predicted molar refractivity (Wildman–Crippen MR) is 106 cm³/mol. The molecule has 0 aliphatic rings. The number of hydrogen-bond acceptors (Lipinski definition) is 6. The van der Waals surface area contributed by atoms with E-state index in [4.69, 9.17) is 18.3 Å². The average Bonchev–Trinajstić information content (AvgIpc) is 2.51. The van der Waals surface area contributed by atoms with Crippen LogP contribution in [0.25, 0.3) is 0 Å². The zero-order valence-electron chi connectivity index (χ0n) is 16.5. The van der Waals surface area contributed by atoms with Crippen molar-refractivity contribution in [3.8, 4) is 11.5 Å². The van der Waals surface area contributed by atoms with Gasteiger partial charge >= 0.3 is 5.97 Å². The molecule has 8 heteroatoms. The molecule has 1 aromatic carbocycles. The molecule has 6 nitrogen and oxygen atoms in total. The van der Waals surface area contributed by atoms with E-state index in [2.05, 4.69) is 32.8 Å². The van der Waals surface area contributed by atoms with Crippen molar-refractivity contribution in [2.75, 3.05) is 20.1 Å². The number of carbonyl (C=O) groups is 1. The molecule has 0 aromatic heterocycles. The van der Waals surface area contributed by atoms with Gasteiger partial charge in [0.2, 0.25) is 0 Å². The number of hydrogen-bond donors (Lipinski definition) is 1. The highest BCUT2D eigenvalue weighted by molar-refractivity contribution is 6.84. The topological polar surface area (TPSA) is 74.2 Å². The molecule has 0 saturated carbocycles. The van der Waals surface area contributed by atoms with E-state index in [-0.39, 0.29) is 12.5 Å². The fraction of sp³-hybridized carbons (Fsp3) is 0.500. The minimum atomic E-state index is -2.08. The Morgan fingerprint density at radius 2 is 1.85 bits per heavy atom. The molecular formula is C18H30O6Si2. The first-order valence-electron chi connectivity index (χ1n) is 8.42. The van der Waals surface area contributed by atoms with Gasteiger partial charge in [-0.25, -0.2) is 4.79 Å². The SMILES string of the molecule is C=C(C)C(=O)OCOC[Si](C)(C)O[Si](C)(C)Cc1ccc(O)c(OC)c1. The van der Waals surface area contributed by atoms with Crippen LogP contribution in [0.5, 0.6) is 11.5 Å². The van der Waals surface area contributed by atoms with Crippen LogP contribution in [0, 0.1) is 0 Å². The van der Waals surface area contributed by atoms with Gasteiger partial charge in [0, 0.05) is 5.57 Å². The van der Waals surface area contributed by atoms with Crippen LogP contribution in [-0.4, -0.2) is 47.8 Å². The molecular weight excluding hydrogens is 368 g/mol. The van der Waals surface area contributed by atoms with E-state index < -0.39 is 22.6 Å². The lowest BCUT2D eigenvalue weighted by Crippen LogP contribution is -2.49. The quantitative estimate of drug-likeness (QED) is 0.214. The van der Waals surface area contributed by atoms with Crippen LogP contribution in [0.2, 0.25) is 26.2 Å². The molecule has 1 rings (SSSR count). The number of esters is 1.